The van der Waals surface area contributed by atoms with Crippen LogP contribution in [0.1, 0.15) is 13.8 Å². The van der Waals surface area contributed by atoms with E-state index in [9.17, 15) is 0 Å². The van der Waals surface area contributed by atoms with Gasteiger partial charge in [-0.15, -0.1) is 0 Å². The van der Waals surface area contributed by atoms with Gasteiger partial charge in [-0.3, -0.25) is 0 Å². The molecule has 4 heteroatoms. The van der Waals surface area contributed by atoms with Crippen molar-refractivity contribution in [1.29, 1.82) is 10.5 Å². The Bertz CT molecular complexity index is 168. The normalized spacial score (nSPS) is 10.2. The summed E-state index contributed by atoms with van der Waals surface area (Å²) in [6.45, 7) is 4.11. The summed E-state index contributed by atoms with van der Waals surface area (Å²) in [4.78, 5) is 0. The molecule has 0 aromatic heterocycles. The largest absolute Gasteiger partial charge is 0.185 e. The predicted octanol–water partition coefficient (Wildman–Crippen LogP) is 2.44. The first-order chi connectivity index (χ1) is 5.12. The molecule has 0 N–H and O–H groups in total. The molecule has 0 spiro atoms. The van der Waals surface area contributed by atoms with Gasteiger partial charge in [0.2, 0.25) is 0 Å². The number of hydrogen-bond acceptors (Lipinski definition) is 4. The number of hydrogen-bond donors (Lipinski definition) is 0. The van der Waals surface area contributed by atoms with E-state index in [1.165, 1.54) is 23.5 Å². The molecular formula is C7H10N2S2. The van der Waals surface area contributed by atoms with Crippen LogP contribution in [-0.4, -0.2) is 11.5 Å². The maximum absolute atomic E-state index is 8.30. The van der Waals surface area contributed by atoms with Crippen molar-refractivity contribution in [2.24, 2.45) is 5.41 Å². The van der Waals surface area contributed by atoms with Gasteiger partial charge in [-0.2, -0.15) is 10.5 Å². The second-order valence-electron chi connectivity index (χ2n) is 2.92. The van der Waals surface area contributed by atoms with Crippen LogP contribution in [0.5, 0.6) is 0 Å². The molecule has 0 amide bonds. The molecule has 0 saturated carbocycles. The summed E-state index contributed by atoms with van der Waals surface area (Å²) in [7, 11) is 0. The minimum atomic E-state index is 0.0841. The van der Waals surface area contributed by atoms with Crippen LogP contribution < -0.4 is 0 Å². The van der Waals surface area contributed by atoms with Gasteiger partial charge in [0.15, 0.2) is 0 Å². The monoisotopic (exact) mass is 186 g/mol. The molecule has 0 rings (SSSR count). The summed E-state index contributed by atoms with van der Waals surface area (Å²) in [5, 5.41) is 20.6. The second-order valence-corrected chi connectivity index (χ2v) is 4.44. The topological polar surface area (TPSA) is 47.6 Å². The van der Waals surface area contributed by atoms with E-state index in [0.717, 1.165) is 11.5 Å². The van der Waals surface area contributed by atoms with Crippen molar-refractivity contribution in [3.05, 3.63) is 0 Å². The number of rotatable bonds is 4. The summed E-state index contributed by atoms with van der Waals surface area (Å²) in [6.07, 6.45) is 0. The molecule has 0 saturated heterocycles. The highest BCUT2D eigenvalue weighted by Crippen LogP contribution is 2.25. The van der Waals surface area contributed by atoms with Crippen LogP contribution in [0.2, 0.25) is 0 Å². The minimum Gasteiger partial charge on any atom is -0.185 e. The van der Waals surface area contributed by atoms with Gasteiger partial charge in [0.05, 0.1) is 0 Å². The Hall–Kier alpha value is -0.320. The van der Waals surface area contributed by atoms with E-state index in [1.807, 2.05) is 10.8 Å². The maximum Gasteiger partial charge on any atom is 0.133 e. The van der Waals surface area contributed by atoms with Crippen molar-refractivity contribution in [1.82, 2.24) is 0 Å². The standard InChI is InChI=1S/C7H10N2S2/c1-7(2,3-10-5-8)4-11-6-9/h3-4H2,1-2H3. The van der Waals surface area contributed by atoms with Gasteiger partial charge >= 0.3 is 0 Å². The molecule has 0 radical (unpaired) electrons. The number of thiocyanates is 2. The van der Waals surface area contributed by atoms with Gasteiger partial charge in [0.25, 0.3) is 0 Å². The molecule has 60 valence electrons. The molecule has 0 aliphatic rings. The van der Waals surface area contributed by atoms with E-state index in [-0.39, 0.29) is 5.41 Å². The van der Waals surface area contributed by atoms with E-state index >= 15 is 0 Å². The zero-order valence-electron chi connectivity index (χ0n) is 6.63. The molecule has 0 atom stereocenters. The highest BCUT2D eigenvalue weighted by Gasteiger charge is 2.17. The second kappa shape index (κ2) is 5.35. The predicted molar refractivity (Wildman–Crippen MR) is 49.9 cm³/mol. The lowest BCUT2D eigenvalue weighted by atomic mass is 10.0. The zero-order chi connectivity index (χ0) is 8.74. The molecule has 0 aromatic carbocycles. The van der Waals surface area contributed by atoms with E-state index < -0.39 is 0 Å². The number of nitriles is 2. The van der Waals surface area contributed by atoms with Crippen LogP contribution in [0, 0.1) is 26.7 Å². The Balaban J connectivity index is 3.64. The fraction of sp³-hybridized carbons (Fsp3) is 0.714. The third-order valence-corrected chi connectivity index (χ3v) is 3.16. The van der Waals surface area contributed by atoms with Crippen molar-refractivity contribution in [3.8, 4) is 10.8 Å². The first-order valence-electron chi connectivity index (χ1n) is 3.14. The molecular weight excluding hydrogens is 176 g/mol. The molecule has 0 unspecified atom stereocenters. The summed E-state index contributed by atoms with van der Waals surface area (Å²) in [6, 6.07) is 0. The average Bonchev–Trinajstić information content (AvgIpc) is 1.97. The molecule has 11 heavy (non-hydrogen) atoms. The minimum absolute atomic E-state index is 0.0841. The molecule has 0 aliphatic heterocycles. The Kier molecular flexibility index (Phi) is 5.19. The first-order valence-corrected chi connectivity index (χ1v) is 5.11. The Morgan fingerprint density at radius 1 is 1.09 bits per heavy atom. The van der Waals surface area contributed by atoms with E-state index in [1.54, 1.807) is 0 Å². The Labute approximate surface area is 76.0 Å². The fourth-order valence-electron chi connectivity index (χ4n) is 0.497. The van der Waals surface area contributed by atoms with Gasteiger partial charge < -0.3 is 0 Å². The Morgan fingerprint density at radius 2 is 1.45 bits per heavy atom. The maximum atomic E-state index is 8.30. The lowest BCUT2D eigenvalue weighted by molar-refractivity contribution is 0.493. The molecule has 2 nitrogen and oxygen atoms in total. The quantitative estimate of drug-likeness (QED) is 0.633. The lowest BCUT2D eigenvalue weighted by Gasteiger charge is -2.19. The van der Waals surface area contributed by atoms with Crippen molar-refractivity contribution >= 4 is 23.5 Å². The number of nitrogens with zero attached hydrogens (tertiary/aromatic N) is 2. The molecule has 0 heterocycles. The van der Waals surface area contributed by atoms with Gasteiger partial charge in [-0.05, 0) is 28.9 Å². The van der Waals surface area contributed by atoms with Gasteiger partial charge in [0.1, 0.15) is 10.8 Å². The first kappa shape index (κ1) is 10.7. The third-order valence-electron chi connectivity index (χ3n) is 1.05. The molecule has 0 aliphatic carbocycles. The van der Waals surface area contributed by atoms with Gasteiger partial charge in [-0.1, -0.05) is 13.8 Å². The van der Waals surface area contributed by atoms with Crippen molar-refractivity contribution in [2.45, 2.75) is 13.8 Å². The lowest BCUT2D eigenvalue weighted by Crippen LogP contribution is -2.17. The van der Waals surface area contributed by atoms with Crippen LogP contribution in [0.4, 0.5) is 0 Å². The van der Waals surface area contributed by atoms with Gasteiger partial charge in [-0.25, -0.2) is 0 Å². The SMILES string of the molecule is CC(C)(CSC#N)CSC#N. The van der Waals surface area contributed by atoms with Crippen LogP contribution in [0.25, 0.3) is 0 Å². The van der Waals surface area contributed by atoms with Crippen LogP contribution in [0.15, 0.2) is 0 Å². The van der Waals surface area contributed by atoms with E-state index in [4.69, 9.17) is 10.5 Å². The zero-order valence-corrected chi connectivity index (χ0v) is 8.26. The molecule has 0 aromatic rings. The smallest absolute Gasteiger partial charge is 0.133 e. The Morgan fingerprint density at radius 3 is 1.73 bits per heavy atom. The third kappa shape index (κ3) is 6.09. The van der Waals surface area contributed by atoms with Crippen molar-refractivity contribution in [3.63, 3.8) is 0 Å². The molecule has 0 bridgehead atoms. The number of thioether (sulfide) groups is 2. The summed E-state index contributed by atoms with van der Waals surface area (Å²) < 4.78 is 0. The average molecular weight is 186 g/mol. The van der Waals surface area contributed by atoms with Gasteiger partial charge in [0, 0.05) is 11.5 Å². The van der Waals surface area contributed by atoms with Crippen LogP contribution >= 0.6 is 23.5 Å². The highest BCUT2D eigenvalue weighted by molar-refractivity contribution is 8.04. The van der Waals surface area contributed by atoms with Crippen LogP contribution in [-0.2, 0) is 0 Å². The van der Waals surface area contributed by atoms with Crippen molar-refractivity contribution in [2.75, 3.05) is 11.5 Å². The van der Waals surface area contributed by atoms with Crippen molar-refractivity contribution < 1.29 is 0 Å². The van der Waals surface area contributed by atoms with E-state index in [2.05, 4.69) is 13.8 Å². The fourth-order valence-corrected chi connectivity index (χ4v) is 1.74. The molecule has 0 fully saturated rings. The summed E-state index contributed by atoms with van der Waals surface area (Å²) in [5.41, 5.74) is 0.0841. The highest BCUT2D eigenvalue weighted by atomic mass is 32.2. The summed E-state index contributed by atoms with van der Waals surface area (Å²) in [5.74, 6) is 1.58. The summed E-state index contributed by atoms with van der Waals surface area (Å²) >= 11 is 2.50. The van der Waals surface area contributed by atoms with Crippen LogP contribution in [0.3, 0.4) is 0 Å². The van der Waals surface area contributed by atoms with E-state index in [0.29, 0.717) is 0 Å².